The van der Waals surface area contributed by atoms with E-state index in [1.165, 1.54) is 17.5 Å². The Hall–Kier alpha value is -1.87. The number of amides is 1. The number of nitrogens with one attached hydrogen (secondary N) is 1. The Balaban J connectivity index is 2.40. The van der Waals surface area contributed by atoms with E-state index >= 15 is 0 Å². The van der Waals surface area contributed by atoms with E-state index in [4.69, 9.17) is 0 Å². The number of rotatable bonds is 3. The molecule has 0 radical (unpaired) electrons. The molecule has 0 unspecified atom stereocenters. The van der Waals surface area contributed by atoms with E-state index in [1.54, 1.807) is 24.4 Å². The Morgan fingerprint density at radius 2 is 1.73 bits per heavy atom. The van der Waals surface area contributed by atoms with Gasteiger partial charge in [0.2, 0.25) is 9.84 Å². The highest BCUT2D eigenvalue weighted by Crippen LogP contribution is 2.33. The highest BCUT2D eigenvalue weighted by atomic mass is 32.2. The van der Waals surface area contributed by atoms with Crippen molar-refractivity contribution in [2.75, 3.05) is 5.32 Å². The summed E-state index contributed by atoms with van der Waals surface area (Å²) in [5.74, 6) is -2.21. The van der Waals surface area contributed by atoms with Crippen molar-refractivity contribution in [2.45, 2.75) is 22.9 Å². The summed E-state index contributed by atoms with van der Waals surface area (Å²) in [6.07, 6.45) is -5.09. The molecule has 118 valence electrons. The van der Waals surface area contributed by atoms with Gasteiger partial charge in [0.25, 0.3) is 0 Å². The zero-order chi connectivity index (χ0) is 16.5. The lowest BCUT2D eigenvalue weighted by atomic mass is 10.2. The van der Waals surface area contributed by atoms with Gasteiger partial charge < -0.3 is 5.32 Å². The predicted molar refractivity (Wildman–Crippen MR) is 75.6 cm³/mol. The van der Waals surface area contributed by atoms with Crippen LogP contribution in [-0.4, -0.2) is 20.5 Å². The molecular weight excluding hydrogens is 339 g/mol. The molecule has 4 nitrogen and oxygen atoms in total. The van der Waals surface area contributed by atoms with Crippen molar-refractivity contribution in [3.05, 3.63) is 41.3 Å². The van der Waals surface area contributed by atoms with E-state index in [1.807, 2.05) is 0 Å². The normalized spacial score (nSPS) is 12.2. The highest BCUT2D eigenvalue weighted by Gasteiger charge is 2.39. The summed E-state index contributed by atoms with van der Waals surface area (Å²) in [5, 5.41) is 2.53. The average molecular weight is 349 g/mol. The number of anilines is 1. The summed E-state index contributed by atoms with van der Waals surface area (Å²) in [4.78, 5) is 10.5. The Labute approximate surface area is 128 Å². The van der Waals surface area contributed by atoms with Gasteiger partial charge in [-0.05, 0) is 30.5 Å². The van der Waals surface area contributed by atoms with Gasteiger partial charge in [0.1, 0.15) is 9.90 Å². The maximum Gasteiger partial charge on any atom is 0.471 e. The van der Waals surface area contributed by atoms with Gasteiger partial charge in [0, 0.05) is 0 Å². The van der Waals surface area contributed by atoms with Crippen LogP contribution in [0, 0.1) is 6.92 Å². The standard InChI is InChI=1S/C13H10F3NO3S2/c1-8-2-4-9(5-3-8)22(19,20)10-6-7-21-11(10)17-12(18)13(14,15)16/h2-7H,1H3,(H,17,18). The van der Waals surface area contributed by atoms with Crippen LogP contribution in [0.15, 0.2) is 45.5 Å². The molecule has 1 aromatic carbocycles. The first-order chi connectivity index (χ1) is 10.1. The van der Waals surface area contributed by atoms with Gasteiger partial charge in [-0.3, -0.25) is 4.79 Å². The Kier molecular flexibility index (Phi) is 4.30. The van der Waals surface area contributed by atoms with Crippen molar-refractivity contribution >= 4 is 32.1 Å². The van der Waals surface area contributed by atoms with E-state index in [0.717, 1.165) is 11.6 Å². The van der Waals surface area contributed by atoms with E-state index < -0.39 is 21.9 Å². The summed E-state index contributed by atoms with van der Waals surface area (Å²) in [5.41, 5.74) is 0.842. The number of alkyl halides is 3. The van der Waals surface area contributed by atoms with E-state index in [-0.39, 0.29) is 14.8 Å². The molecule has 1 N–H and O–H groups in total. The van der Waals surface area contributed by atoms with Gasteiger partial charge >= 0.3 is 12.1 Å². The van der Waals surface area contributed by atoms with Crippen LogP contribution >= 0.6 is 11.3 Å². The van der Waals surface area contributed by atoms with Crippen LogP contribution in [0.4, 0.5) is 18.2 Å². The summed E-state index contributed by atoms with van der Waals surface area (Å²) < 4.78 is 61.7. The summed E-state index contributed by atoms with van der Waals surface area (Å²) in [6.45, 7) is 1.77. The molecule has 0 aliphatic rings. The van der Waals surface area contributed by atoms with Gasteiger partial charge in [-0.1, -0.05) is 17.7 Å². The SMILES string of the molecule is Cc1ccc(S(=O)(=O)c2ccsc2NC(=O)C(F)(F)F)cc1. The first-order valence-electron chi connectivity index (χ1n) is 5.90. The molecule has 0 atom stereocenters. The van der Waals surface area contributed by atoms with Gasteiger partial charge in [0.15, 0.2) is 0 Å². The minimum atomic E-state index is -5.09. The fraction of sp³-hybridized carbons (Fsp3) is 0.154. The third kappa shape index (κ3) is 3.30. The summed E-state index contributed by atoms with van der Waals surface area (Å²) >= 11 is 0.708. The van der Waals surface area contributed by atoms with Crippen LogP contribution in [0.5, 0.6) is 0 Å². The third-order valence-corrected chi connectivity index (χ3v) is 5.51. The molecule has 0 spiro atoms. The van der Waals surface area contributed by atoms with Crippen molar-refractivity contribution in [3.8, 4) is 0 Å². The predicted octanol–water partition coefficient (Wildman–Crippen LogP) is 3.39. The zero-order valence-electron chi connectivity index (χ0n) is 11.1. The number of benzene rings is 1. The zero-order valence-corrected chi connectivity index (χ0v) is 12.8. The van der Waals surface area contributed by atoms with Crippen LogP contribution in [0.1, 0.15) is 5.56 Å². The van der Waals surface area contributed by atoms with Gasteiger partial charge in [-0.25, -0.2) is 8.42 Å². The Morgan fingerprint density at radius 3 is 2.27 bits per heavy atom. The lowest BCUT2D eigenvalue weighted by Gasteiger charge is -2.09. The smallest absolute Gasteiger partial charge is 0.309 e. The second-order valence-electron chi connectivity index (χ2n) is 4.38. The van der Waals surface area contributed by atoms with Crippen LogP contribution in [0.25, 0.3) is 0 Å². The minimum Gasteiger partial charge on any atom is -0.309 e. The quantitative estimate of drug-likeness (QED) is 0.924. The molecule has 22 heavy (non-hydrogen) atoms. The van der Waals surface area contributed by atoms with Crippen LogP contribution in [0.3, 0.4) is 0 Å². The number of halogens is 3. The molecule has 2 rings (SSSR count). The van der Waals surface area contributed by atoms with Crippen molar-refractivity contribution in [1.82, 2.24) is 0 Å². The molecule has 0 aliphatic heterocycles. The monoisotopic (exact) mass is 349 g/mol. The lowest BCUT2D eigenvalue weighted by Crippen LogP contribution is -2.30. The third-order valence-electron chi connectivity index (χ3n) is 2.73. The molecule has 0 fully saturated rings. The molecular formula is C13H10F3NO3S2. The topological polar surface area (TPSA) is 63.2 Å². The number of hydrogen-bond acceptors (Lipinski definition) is 4. The van der Waals surface area contributed by atoms with Crippen LogP contribution in [-0.2, 0) is 14.6 Å². The number of carbonyl (C=O) groups excluding carboxylic acids is 1. The van der Waals surface area contributed by atoms with Crippen LogP contribution in [0.2, 0.25) is 0 Å². The molecule has 0 saturated carbocycles. The molecule has 1 heterocycles. The maximum atomic E-state index is 12.4. The van der Waals surface area contributed by atoms with Crippen molar-refractivity contribution in [1.29, 1.82) is 0 Å². The summed E-state index contributed by atoms with van der Waals surface area (Å²) in [7, 11) is -4.01. The second kappa shape index (κ2) is 5.73. The fourth-order valence-electron chi connectivity index (χ4n) is 1.62. The van der Waals surface area contributed by atoms with E-state index in [2.05, 4.69) is 0 Å². The first-order valence-corrected chi connectivity index (χ1v) is 8.26. The molecule has 9 heteroatoms. The largest absolute Gasteiger partial charge is 0.471 e. The molecule has 0 saturated heterocycles. The van der Waals surface area contributed by atoms with Gasteiger partial charge in [-0.15, -0.1) is 11.3 Å². The number of carbonyl (C=O) groups is 1. The van der Waals surface area contributed by atoms with Crippen molar-refractivity contribution < 1.29 is 26.4 Å². The van der Waals surface area contributed by atoms with Crippen molar-refractivity contribution in [2.24, 2.45) is 0 Å². The molecule has 0 aliphatic carbocycles. The molecule has 2 aromatic rings. The highest BCUT2D eigenvalue weighted by molar-refractivity contribution is 7.91. The van der Waals surface area contributed by atoms with E-state index in [9.17, 15) is 26.4 Å². The number of aryl methyl sites for hydroxylation is 1. The Morgan fingerprint density at radius 1 is 1.14 bits per heavy atom. The minimum absolute atomic E-state index is 0.0565. The first kappa shape index (κ1) is 16.5. The Bertz CT molecular complexity index is 793. The fourth-order valence-corrected chi connectivity index (χ4v) is 4.14. The maximum absolute atomic E-state index is 12.4. The number of sulfone groups is 1. The van der Waals surface area contributed by atoms with Crippen molar-refractivity contribution in [3.63, 3.8) is 0 Å². The molecule has 0 bridgehead atoms. The average Bonchev–Trinajstić information content (AvgIpc) is 2.87. The van der Waals surface area contributed by atoms with Gasteiger partial charge in [0.05, 0.1) is 4.90 Å². The second-order valence-corrected chi connectivity index (χ2v) is 7.22. The van der Waals surface area contributed by atoms with Gasteiger partial charge in [-0.2, -0.15) is 13.2 Å². The molecule has 1 aromatic heterocycles. The van der Waals surface area contributed by atoms with E-state index in [0.29, 0.717) is 11.3 Å². The summed E-state index contributed by atoms with van der Waals surface area (Å²) in [6, 6.07) is 7.03. The molecule has 1 amide bonds. The lowest BCUT2D eigenvalue weighted by molar-refractivity contribution is -0.167. The van der Waals surface area contributed by atoms with Crippen LogP contribution < -0.4 is 5.32 Å². The number of thiophene rings is 1. The number of hydrogen-bond donors (Lipinski definition) is 1.